The minimum absolute atomic E-state index is 0.00903. The molecule has 3 aromatic rings. The van der Waals surface area contributed by atoms with Gasteiger partial charge in [-0.1, -0.05) is 48.0 Å². The summed E-state index contributed by atoms with van der Waals surface area (Å²) in [6, 6.07) is 18.7. The molecule has 0 aliphatic carbocycles. The quantitative estimate of drug-likeness (QED) is 0.674. The minimum Gasteiger partial charge on any atom is -0.339 e. The number of benzene rings is 2. The third-order valence-electron chi connectivity index (χ3n) is 5.50. The van der Waals surface area contributed by atoms with E-state index in [0.717, 1.165) is 17.5 Å². The van der Waals surface area contributed by atoms with Crippen molar-refractivity contribution in [3.8, 4) is 0 Å². The van der Waals surface area contributed by atoms with E-state index in [1.54, 1.807) is 10.9 Å². The Hall–Kier alpha value is -3.41. The van der Waals surface area contributed by atoms with E-state index in [0.29, 0.717) is 31.7 Å². The zero-order valence-electron chi connectivity index (χ0n) is 17.1. The molecule has 1 aliphatic rings. The number of rotatable bonds is 4. The molecule has 1 atom stereocenters. The Morgan fingerprint density at radius 1 is 0.900 bits per heavy atom. The van der Waals surface area contributed by atoms with E-state index >= 15 is 0 Å². The Bertz CT molecular complexity index is 1000. The number of carbonyl (C=O) groups is 2. The summed E-state index contributed by atoms with van der Waals surface area (Å²) in [5.41, 5.74) is 2.68. The third-order valence-corrected chi connectivity index (χ3v) is 5.50. The van der Waals surface area contributed by atoms with Gasteiger partial charge < -0.3 is 9.80 Å². The van der Waals surface area contributed by atoms with Crippen LogP contribution in [-0.4, -0.2) is 57.6 Å². The minimum atomic E-state index is -0.500. The first-order valence-electron chi connectivity index (χ1n) is 10.3. The number of hydrogen-bond donors (Lipinski definition) is 0. The van der Waals surface area contributed by atoms with Gasteiger partial charge in [0.15, 0.2) is 6.04 Å². The van der Waals surface area contributed by atoms with Crippen LogP contribution in [0.3, 0.4) is 0 Å². The first kappa shape index (κ1) is 19.9. The molecule has 1 fully saturated rings. The van der Waals surface area contributed by atoms with E-state index in [1.165, 1.54) is 0 Å². The van der Waals surface area contributed by atoms with Crippen LogP contribution in [0.25, 0.3) is 0 Å². The Kier molecular flexibility index (Phi) is 5.93. The van der Waals surface area contributed by atoms with Crippen molar-refractivity contribution >= 4 is 11.8 Å². The number of carbonyl (C=O) groups excluding carboxylic acids is 2. The number of aromatic nitrogens is 2. The Balaban J connectivity index is 1.50. The maximum Gasteiger partial charge on any atom is 0.253 e. The van der Waals surface area contributed by atoms with Crippen LogP contribution in [0, 0.1) is 6.92 Å². The number of amides is 2. The summed E-state index contributed by atoms with van der Waals surface area (Å²) in [6.07, 6.45) is 4.26. The smallest absolute Gasteiger partial charge is 0.253 e. The number of hydrogen-bond acceptors (Lipinski definition) is 3. The van der Waals surface area contributed by atoms with Crippen molar-refractivity contribution in [2.75, 3.05) is 26.2 Å². The van der Waals surface area contributed by atoms with Crippen molar-refractivity contribution in [2.45, 2.75) is 19.4 Å². The zero-order valence-corrected chi connectivity index (χ0v) is 17.1. The molecule has 0 saturated carbocycles. The molecule has 0 bridgehead atoms. The first-order chi connectivity index (χ1) is 14.6. The van der Waals surface area contributed by atoms with Gasteiger partial charge in [-0.25, -0.2) is 0 Å². The summed E-state index contributed by atoms with van der Waals surface area (Å²) in [7, 11) is 0. The average Bonchev–Trinajstić information content (AvgIpc) is 3.17. The fraction of sp³-hybridized carbons (Fsp3) is 0.292. The van der Waals surface area contributed by atoms with Crippen molar-refractivity contribution in [1.29, 1.82) is 0 Å². The van der Waals surface area contributed by atoms with Gasteiger partial charge in [-0.3, -0.25) is 14.3 Å². The second-order valence-electron chi connectivity index (χ2n) is 7.64. The van der Waals surface area contributed by atoms with E-state index < -0.39 is 6.04 Å². The van der Waals surface area contributed by atoms with Gasteiger partial charge in [0.05, 0.1) is 0 Å². The lowest BCUT2D eigenvalue weighted by Crippen LogP contribution is -2.41. The predicted molar refractivity (Wildman–Crippen MR) is 115 cm³/mol. The molecule has 0 spiro atoms. The summed E-state index contributed by atoms with van der Waals surface area (Å²) in [6.45, 7) is 4.30. The Morgan fingerprint density at radius 2 is 1.67 bits per heavy atom. The highest BCUT2D eigenvalue weighted by Gasteiger charge is 2.30. The fourth-order valence-corrected chi connectivity index (χ4v) is 3.95. The van der Waals surface area contributed by atoms with Gasteiger partial charge in [0, 0.05) is 44.1 Å². The molecule has 0 radical (unpaired) electrons. The molecule has 1 aliphatic heterocycles. The first-order valence-corrected chi connectivity index (χ1v) is 10.3. The molecular formula is C24H26N4O2. The molecule has 1 saturated heterocycles. The highest BCUT2D eigenvalue weighted by Crippen LogP contribution is 2.21. The Labute approximate surface area is 176 Å². The van der Waals surface area contributed by atoms with Crippen LogP contribution in [0.4, 0.5) is 0 Å². The molecule has 4 rings (SSSR count). The van der Waals surface area contributed by atoms with Gasteiger partial charge in [0.2, 0.25) is 0 Å². The van der Waals surface area contributed by atoms with Crippen LogP contribution in [0.2, 0.25) is 0 Å². The molecule has 1 aromatic heterocycles. The lowest BCUT2D eigenvalue weighted by atomic mass is 10.1. The van der Waals surface area contributed by atoms with Crippen LogP contribution in [-0.2, 0) is 4.79 Å². The van der Waals surface area contributed by atoms with Crippen LogP contribution in [0.15, 0.2) is 73.1 Å². The maximum atomic E-state index is 13.5. The summed E-state index contributed by atoms with van der Waals surface area (Å²) in [4.78, 5) is 30.2. The third kappa shape index (κ3) is 4.27. The second-order valence-corrected chi connectivity index (χ2v) is 7.64. The van der Waals surface area contributed by atoms with Crippen LogP contribution >= 0.6 is 0 Å². The molecular weight excluding hydrogens is 376 g/mol. The van der Waals surface area contributed by atoms with Crippen LogP contribution < -0.4 is 0 Å². The zero-order chi connectivity index (χ0) is 20.9. The van der Waals surface area contributed by atoms with Crippen molar-refractivity contribution in [3.63, 3.8) is 0 Å². The van der Waals surface area contributed by atoms with Gasteiger partial charge in [0.1, 0.15) is 0 Å². The summed E-state index contributed by atoms with van der Waals surface area (Å²) < 4.78 is 1.71. The normalized spacial score (nSPS) is 15.5. The van der Waals surface area contributed by atoms with Gasteiger partial charge in [0.25, 0.3) is 11.8 Å². The van der Waals surface area contributed by atoms with E-state index in [2.05, 4.69) is 5.10 Å². The Morgan fingerprint density at radius 3 is 2.40 bits per heavy atom. The summed E-state index contributed by atoms with van der Waals surface area (Å²) >= 11 is 0. The molecule has 6 heteroatoms. The molecule has 6 nitrogen and oxygen atoms in total. The fourth-order valence-electron chi connectivity index (χ4n) is 3.95. The summed E-state index contributed by atoms with van der Waals surface area (Å²) in [5.74, 6) is 0.0365. The summed E-state index contributed by atoms with van der Waals surface area (Å²) in [5, 5.41) is 4.33. The largest absolute Gasteiger partial charge is 0.339 e. The predicted octanol–water partition coefficient (Wildman–Crippen LogP) is 3.16. The van der Waals surface area contributed by atoms with Crippen LogP contribution in [0.1, 0.15) is 33.9 Å². The van der Waals surface area contributed by atoms with E-state index in [1.807, 2.05) is 83.6 Å². The molecule has 154 valence electrons. The van der Waals surface area contributed by atoms with Gasteiger partial charge in [-0.15, -0.1) is 0 Å². The SMILES string of the molecule is Cc1cccc(C(=O)N2CCCN(C(=O)C(c3ccccc3)n3cccn3)CC2)c1. The monoisotopic (exact) mass is 402 g/mol. The highest BCUT2D eigenvalue weighted by atomic mass is 16.2. The lowest BCUT2D eigenvalue weighted by molar-refractivity contribution is -0.133. The number of nitrogens with zero attached hydrogens (tertiary/aromatic N) is 4. The van der Waals surface area contributed by atoms with Gasteiger partial charge >= 0.3 is 0 Å². The standard InChI is InChI=1S/C24H26N4O2/c1-19-8-5-11-21(18-19)23(29)26-13-7-14-27(17-16-26)24(30)22(28-15-6-12-25-28)20-9-3-2-4-10-20/h2-6,8-12,15,18,22H,7,13-14,16-17H2,1H3. The van der Waals surface area contributed by atoms with Crippen LogP contribution in [0.5, 0.6) is 0 Å². The average molecular weight is 402 g/mol. The lowest BCUT2D eigenvalue weighted by Gasteiger charge is -2.27. The molecule has 0 N–H and O–H groups in total. The number of aryl methyl sites for hydroxylation is 1. The van der Waals surface area contributed by atoms with Crippen molar-refractivity contribution in [2.24, 2.45) is 0 Å². The maximum absolute atomic E-state index is 13.5. The molecule has 30 heavy (non-hydrogen) atoms. The van der Waals surface area contributed by atoms with E-state index in [-0.39, 0.29) is 11.8 Å². The van der Waals surface area contributed by atoms with Crippen molar-refractivity contribution in [3.05, 3.63) is 89.7 Å². The van der Waals surface area contributed by atoms with Gasteiger partial charge in [-0.05, 0) is 37.1 Å². The van der Waals surface area contributed by atoms with Crippen molar-refractivity contribution < 1.29 is 9.59 Å². The molecule has 2 aromatic carbocycles. The molecule has 2 amide bonds. The second kappa shape index (κ2) is 8.95. The molecule has 1 unspecified atom stereocenters. The van der Waals surface area contributed by atoms with Crippen molar-refractivity contribution in [1.82, 2.24) is 19.6 Å². The molecule has 2 heterocycles. The highest BCUT2D eigenvalue weighted by molar-refractivity contribution is 5.94. The van der Waals surface area contributed by atoms with E-state index in [9.17, 15) is 9.59 Å². The topological polar surface area (TPSA) is 58.4 Å². The van der Waals surface area contributed by atoms with E-state index in [4.69, 9.17) is 0 Å². The van der Waals surface area contributed by atoms with Gasteiger partial charge in [-0.2, -0.15) is 5.10 Å².